The Morgan fingerprint density at radius 1 is 0.920 bits per heavy atom. The van der Waals surface area contributed by atoms with E-state index in [4.69, 9.17) is 4.98 Å². The van der Waals surface area contributed by atoms with Crippen molar-refractivity contribution in [3.63, 3.8) is 0 Å². The summed E-state index contributed by atoms with van der Waals surface area (Å²) < 4.78 is 15.3. The minimum absolute atomic E-state index is 0.225. The van der Waals surface area contributed by atoms with E-state index in [0.29, 0.717) is 6.54 Å². The molecule has 1 heterocycles. The monoisotopic (exact) mass is 331 g/mol. The molecule has 1 N–H and O–H groups in total. The van der Waals surface area contributed by atoms with Crippen molar-refractivity contribution in [2.75, 3.05) is 5.32 Å². The highest BCUT2D eigenvalue weighted by atomic mass is 19.1. The second-order valence-corrected chi connectivity index (χ2v) is 6.13. The van der Waals surface area contributed by atoms with Crippen LogP contribution in [-0.4, -0.2) is 9.55 Å². The molecule has 0 aliphatic carbocycles. The number of imidazole rings is 1. The maximum atomic E-state index is 13.2. The van der Waals surface area contributed by atoms with Gasteiger partial charge in [0, 0.05) is 5.69 Å². The summed E-state index contributed by atoms with van der Waals surface area (Å²) in [6, 6.07) is 22.8. The van der Waals surface area contributed by atoms with E-state index in [2.05, 4.69) is 28.9 Å². The molecule has 0 saturated heterocycles. The number of aromatic nitrogens is 2. The summed E-state index contributed by atoms with van der Waals surface area (Å²) in [6.45, 7) is 2.68. The summed E-state index contributed by atoms with van der Waals surface area (Å²) >= 11 is 0. The van der Waals surface area contributed by atoms with Gasteiger partial charge in [0.25, 0.3) is 0 Å². The van der Waals surface area contributed by atoms with Gasteiger partial charge in [-0.15, -0.1) is 0 Å². The number of rotatable bonds is 4. The molecule has 0 bridgehead atoms. The molecule has 124 valence electrons. The van der Waals surface area contributed by atoms with Crippen molar-refractivity contribution >= 4 is 22.7 Å². The number of hydrogen-bond donors (Lipinski definition) is 1. The molecule has 0 unspecified atom stereocenters. The van der Waals surface area contributed by atoms with Crippen molar-refractivity contribution in [1.82, 2.24) is 9.55 Å². The van der Waals surface area contributed by atoms with Crippen molar-refractivity contribution < 1.29 is 4.39 Å². The minimum Gasteiger partial charge on any atom is -0.326 e. The van der Waals surface area contributed by atoms with Crippen LogP contribution in [0.15, 0.2) is 72.8 Å². The predicted molar refractivity (Wildman–Crippen MR) is 99.7 cm³/mol. The zero-order valence-electron chi connectivity index (χ0n) is 13.9. The van der Waals surface area contributed by atoms with Gasteiger partial charge < -0.3 is 9.88 Å². The van der Waals surface area contributed by atoms with Gasteiger partial charge in [-0.2, -0.15) is 0 Å². The van der Waals surface area contributed by atoms with Crippen LogP contribution in [-0.2, 0) is 6.54 Å². The van der Waals surface area contributed by atoms with Crippen molar-refractivity contribution in [3.8, 4) is 0 Å². The Bertz CT molecular complexity index is 1000. The Morgan fingerprint density at radius 2 is 1.64 bits per heavy atom. The van der Waals surface area contributed by atoms with Gasteiger partial charge in [0.1, 0.15) is 5.82 Å². The quantitative estimate of drug-likeness (QED) is 0.552. The molecule has 0 aliphatic rings. The van der Waals surface area contributed by atoms with Gasteiger partial charge in [-0.1, -0.05) is 42.0 Å². The number of halogens is 1. The topological polar surface area (TPSA) is 29.9 Å². The standard InChI is InChI=1S/C21H18FN3/c1-15-6-12-18(13-7-15)23-21-24-19-4-2-3-5-20(19)25(21)14-16-8-10-17(22)11-9-16/h2-13H,14H2,1H3,(H,23,24). The number of anilines is 2. The lowest BCUT2D eigenvalue weighted by atomic mass is 10.2. The average molecular weight is 331 g/mol. The molecule has 4 aromatic rings. The van der Waals surface area contributed by atoms with E-state index in [9.17, 15) is 4.39 Å². The summed E-state index contributed by atoms with van der Waals surface area (Å²) in [5.41, 5.74) is 5.20. The van der Waals surface area contributed by atoms with Gasteiger partial charge in [-0.3, -0.25) is 0 Å². The lowest BCUT2D eigenvalue weighted by molar-refractivity contribution is 0.626. The number of benzene rings is 3. The molecule has 4 rings (SSSR count). The average Bonchev–Trinajstić information content (AvgIpc) is 2.96. The lowest BCUT2D eigenvalue weighted by Gasteiger charge is -2.11. The first-order valence-electron chi connectivity index (χ1n) is 8.22. The molecule has 0 aliphatic heterocycles. The van der Waals surface area contributed by atoms with Gasteiger partial charge in [0.15, 0.2) is 0 Å². The van der Waals surface area contributed by atoms with Gasteiger partial charge in [-0.25, -0.2) is 9.37 Å². The molecule has 0 fully saturated rings. The molecule has 0 amide bonds. The van der Waals surface area contributed by atoms with Crippen LogP contribution < -0.4 is 5.32 Å². The third kappa shape index (κ3) is 3.24. The Labute approximate surface area is 145 Å². The summed E-state index contributed by atoms with van der Waals surface area (Å²) in [4.78, 5) is 4.72. The Balaban J connectivity index is 1.74. The smallest absolute Gasteiger partial charge is 0.208 e. The molecule has 25 heavy (non-hydrogen) atoms. The zero-order chi connectivity index (χ0) is 17.2. The first-order valence-corrected chi connectivity index (χ1v) is 8.22. The van der Waals surface area contributed by atoms with E-state index in [1.807, 2.05) is 36.4 Å². The lowest BCUT2D eigenvalue weighted by Crippen LogP contribution is -2.05. The highest BCUT2D eigenvalue weighted by Gasteiger charge is 2.11. The van der Waals surface area contributed by atoms with Gasteiger partial charge in [-0.05, 0) is 48.9 Å². The van der Waals surface area contributed by atoms with Crippen LogP contribution in [0.5, 0.6) is 0 Å². The van der Waals surface area contributed by atoms with Crippen molar-refractivity contribution in [1.29, 1.82) is 0 Å². The maximum absolute atomic E-state index is 13.2. The highest BCUT2D eigenvalue weighted by Crippen LogP contribution is 2.24. The summed E-state index contributed by atoms with van der Waals surface area (Å²) in [5, 5.41) is 3.40. The number of fused-ring (bicyclic) bond motifs is 1. The predicted octanol–water partition coefficient (Wildman–Crippen LogP) is 5.28. The van der Waals surface area contributed by atoms with Crippen molar-refractivity contribution in [2.45, 2.75) is 13.5 Å². The molecule has 3 nitrogen and oxygen atoms in total. The molecule has 1 aromatic heterocycles. The van der Waals surface area contributed by atoms with Crippen molar-refractivity contribution in [2.24, 2.45) is 0 Å². The number of aryl methyl sites for hydroxylation is 1. The fourth-order valence-electron chi connectivity index (χ4n) is 2.87. The first kappa shape index (κ1) is 15.4. The van der Waals surface area contributed by atoms with Crippen LogP contribution in [0.25, 0.3) is 11.0 Å². The van der Waals surface area contributed by atoms with Crippen LogP contribution in [0.4, 0.5) is 16.0 Å². The van der Waals surface area contributed by atoms with E-state index >= 15 is 0 Å². The molecule has 3 aromatic carbocycles. The minimum atomic E-state index is -0.225. The van der Waals surface area contributed by atoms with Crippen molar-refractivity contribution in [3.05, 3.63) is 89.7 Å². The third-order valence-corrected chi connectivity index (χ3v) is 4.22. The zero-order valence-corrected chi connectivity index (χ0v) is 13.9. The van der Waals surface area contributed by atoms with E-state index in [1.54, 1.807) is 12.1 Å². The molecule has 0 saturated carbocycles. The Kier molecular flexibility index (Phi) is 3.94. The second kappa shape index (κ2) is 6.40. The SMILES string of the molecule is Cc1ccc(Nc2nc3ccccc3n2Cc2ccc(F)cc2)cc1. The van der Waals surface area contributed by atoms with Gasteiger partial charge >= 0.3 is 0 Å². The Morgan fingerprint density at radius 3 is 2.40 bits per heavy atom. The molecule has 4 heteroatoms. The fraction of sp³-hybridized carbons (Fsp3) is 0.0952. The Hall–Kier alpha value is -3.14. The maximum Gasteiger partial charge on any atom is 0.208 e. The first-order chi connectivity index (χ1) is 12.2. The van der Waals surface area contributed by atoms with Crippen LogP contribution in [0.1, 0.15) is 11.1 Å². The van der Waals surface area contributed by atoms with Crippen LogP contribution >= 0.6 is 0 Å². The normalized spacial score (nSPS) is 11.0. The van der Waals surface area contributed by atoms with E-state index < -0.39 is 0 Å². The number of nitrogens with one attached hydrogen (secondary N) is 1. The molecule has 0 atom stereocenters. The molecular formula is C21H18FN3. The number of nitrogens with zero attached hydrogens (tertiary/aromatic N) is 2. The van der Waals surface area contributed by atoms with Crippen LogP contribution in [0, 0.1) is 12.7 Å². The number of para-hydroxylation sites is 2. The van der Waals surface area contributed by atoms with Crippen LogP contribution in [0.3, 0.4) is 0 Å². The second-order valence-electron chi connectivity index (χ2n) is 6.13. The summed E-state index contributed by atoms with van der Waals surface area (Å²) in [7, 11) is 0. The largest absolute Gasteiger partial charge is 0.326 e. The number of hydrogen-bond acceptors (Lipinski definition) is 2. The fourth-order valence-corrected chi connectivity index (χ4v) is 2.87. The van der Waals surface area contributed by atoms with E-state index in [-0.39, 0.29) is 5.82 Å². The summed E-state index contributed by atoms with van der Waals surface area (Å²) in [5.74, 6) is 0.548. The van der Waals surface area contributed by atoms with Gasteiger partial charge in [0.2, 0.25) is 5.95 Å². The van der Waals surface area contributed by atoms with Crippen LogP contribution in [0.2, 0.25) is 0 Å². The summed E-state index contributed by atoms with van der Waals surface area (Å²) in [6.07, 6.45) is 0. The third-order valence-electron chi connectivity index (χ3n) is 4.22. The van der Waals surface area contributed by atoms with E-state index in [0.717, 1.165) is 28.2 Å². The van der Waals surface area contributed by atoms with E-state index in [1.165, 1.54) is 17.7 Å². The molecule has 0 radical (unpaired) electrons. The molecule has 0 spiro atoms. The highest BCUT2D eigenvalue weighted by molar-refractivity contribution is 5.79. The van der Waals surface area contributed by atoms with Gasteiger partial charge in [0.05, 0.1) is 17.6 Å². The molecular weight excluding hydrogens is 313 g/mol.